The Kier molecular flexibility index (Phi) is 4.23. The maximum Gasteiger partial charge on any atom is 0.268 e. The molecule has 1 amide bonds. The van der Waals surface area contributed by atoms with E-state index in [0.717, 1.165) is 31.8 Å². The van der Waals surface area contributed by atoms with Gasteiger partial charge in [0, 0.05) is 13.0 Å². The number of amides is 1. The lowest BCUT2D eigenvalue weighted by Gasteiger charge is -2.19. The predicted octanol–water partition coefficient (Wildman–Crippen LogP) is 2.25. The molecule has 2 aromatic rings. The first-order valence-electron chi connectivity index (χ1n) is 6.82. The molecule has 1 saturated heterocycles. The van der Waals surface area contributed by atoms with E-state index in [1.807, 2.05) is 0 Å². The fourth-order valence-corrected chi connectivity index (χ4v) is 3.30. The van der Waals surface area contributed by atoms with E-state index >= 15 is 0 Å². The highest BCUT2D eigenvalue weighted by Crippen LogP contribution is 2.24. The number of piperidine rings is 1. The molecule has 21 heavy (non-hydrogen) atoms. The first-order valence-corrected chi connectivity index (χ1v) is 8.01. The van der Waals surface area contributed by atoms with Crippen molar-refractivity contribution >= 4 is 34.8 Å². The summed E-state index contributed by atoms with van der Waals surface area (Å²) in [6, 6.07) is 3.41. The fraction of sp³-hybridized carbons (Fsp3) is 0.462. The van der Waals surface area contributed by atoms with E-state index in [2.05, 4.69) is 20.7 Å². The van der Waals surface area contributed by atoms with Gasteiger partial charge in [-0.15, -0.1) is 11.3 Å². The molecule has 0 unspecified atom stereocenters. The number of rotatable bonds is 3. The largest absolute Gasteiger partial charge is 0.317 e. The van der Waals surface area contributed by atoms with Gasteiger partial charge in [-0.25, -0.2) is 4.68 Å². The van der Waals surface area contributed by atoms with Crippen LogP contribution in [0.2, 0.25) is 4.34 Å². The highest BCUT2D eigenvalue weighted by molar-refractivity contribution is 7.18. The summed E-state index contributed by atoms with van der Waals surface area (Å²) >= 11 is 7.09. The topological polar surface area (TPSA) is 71.8 Å². The minimum atomic E-state index is -0.209. The zero-order valence-corrected chi connectivity index (χ0v) is 13.2. The molecule has 1 aliphatic heterocycles. The van der Waals surface area contributed by atoms with Crippen LogP contribution in [-0.2, 0) is 7.05 Å². The number of aromatic nitrogens is 3. The number of aryl methyl sites for hydroxylation is 1. The van der Waals surface area contributed by atoms with Gasteiger partial charge in [-0.05, 0) is 38.1 Å². The van der Waals surface area contributed by atoms with Crippen LogP contribution < -0.4 is 10.6 Å². The Morgan fingerprint density at radius 1 is 1.48 bits per heavy atom. The molecule has 0 radical (unpaired) electrons. The van der Waals surface area contributed by atoms with Gasteiger partial charge in [-0.1, -0.05) is 11.6 Å². The number of nitrogens with zero attached hydrogens (tertiary/aromatic N) is 3. The molecule has 2 N–H and O–H groups in total. The van der Waals surface area contributed by atoms with E-state index in [0.29, 0.717) is 21.1 Å². The number of hydrogen-bond donors (Lipinski definition) is 2. The Bertz CT molecular complexity index is 647. The average molecular weight is 326 g/mol. The van der Waals surface area contributed by atoms with Gasteiger partial charge in [0.2, 0.25) is 5.95 Å². The number of thiophene rings is 1. The van der Waals surface area contributed by atoms with Gasteiger partial charge in [0.05, 0.1) is 9.21 Å². The fourth-order valence-electron chi connectivity index (χ4n) is 2.37. The Hall–Kier alpha value is -1.44. The summed E-state index contributed by atoms with van der Waals surface area (Å²) in [5.74, 6) is 1.43. The third-order valence-electron chi connectivity index (χ3n) is 3.51. The molecule has 3 rings (SSSR count). The smallest absolute Gasteiger partial charge is 0.268 e. The summed E-state index contributed by atoms with van der Waals surface area (Å²) in [5.41, 5.74) is 0. The minimum Gasteiger partial charge on any atom is -0.317 e. The van der Waals surface area contributed by atoms with Crippen molar-refractivity contribution in [1.29, 1.82) is 0 Å². The third kappa shape index (κ3) is 3.25. The van der Waals surface area contributed by atoms with Crippen LogP contribution in [0.3, 0.4) is 0 Å². The van der Waals surface area contributed by atoms with Crippen molar-refractivity contribution in [3.63, 3.8) is 0 Å². The first kappa shape index (κ1) is 14.5. The summed E-state index contributed by atoms with van der Waals surface area (Å²) in [5, 5.41) is 10.5. The SMILES string of the molecule is Cn1nc(C2CCNCC2)nc1NC(=O)c1ccc(Cl)s1. The molecule has 0 spiro atoms. The van der Waals surface area contributed by atoms with Gasteiger partial charge in [-0.2, -0.15) is 10.1 Å². The Morgan fingerprint density at radius 2 is 2.24 bits per heavy atom. The molecule has 2 aromatic heterocycles. The van der Waals surface area contributed by atoms with Crippen LogP contribution in [0.25, 0.3) is 0 Å². The molecule has 1 aliphatic rings. The average Bonchev–Trinajstić information content (AvgIpc) is 3.07. The second kappa shape index (κ2) is 6.13. The van der Waals surface area contributed by atoms with Crippen molar-refractivity contribution in [3.05, 3.63) is 27.2 Å². The van der Waals surface area contributed by atoms with Crippen molar-refractivity contribution in [2.75, 3.05) is 18.4 Å². The van der Waals surface area contributed by atoms with E-state index in [9.17, 15) is 4.79 Å². The number of anilines is 1. The second-order valence-electron chi connectivity index (χ2n) is 5.00. The van der Waals surface area contributed by atoms with Crippen molar-refractivity contribution in [2.24, 2.45) is 7.05 Å². The molecule has 112 valence electrons. The Morgan fingerprint density at radius 3 is 2.90 bits per heavy atom. The minimum absolute atomic E-state index is 0.209. The van der Waals surface area contributed by atoms with Gasteiger partial charge in [0.25, 0.3) is 5.91 Å². The van der Waals surface area contributed by atoms with Gasteiger partial charge in [-0.3, -0.25) is 10.1 Å². The maximum absolute atomic E-state index is 12.1. The number of carbonyl (C=O) groups excluding carboxylic acids is 1. The molecule has 8 heteroatoms. The summed E-state index contributed by atoms with van der Waals surface area (Å²) in [7, 11) is 1.79. The number of halogens is 1. The lowest BCUT2D eigenvalue weighted by Crippen LogP contribution is -2.27. The van der Waals surface area contributed by atoms with Crippen LogP contribution in [0, 0.1) is 0 Å². The zero-order valence-electron chi connectivity index (χ0n) is 11.6. The monoisotopic (exact) mass is 325 g/mol. The van der Waals surface area contributed by atoms with Crippen LogP contribution in [0.1, 0.15) is 34.3 Å². The number of nitrogens with one attached hydrogen (secondary N) is 2. The molecule has 0 atom stereocenters. The Balaban J connectivity index is 1.73. The van der Waals surface area contributed by atoms with Crippen molar-refractivity contribution in [2.45, 2.75) is 18.8 Å². The van der Waals surface area contributed by atoms with E-state index < -0.39 is 0 Å². The summed E-state index contributed by atoms with van der Waals surface area (Å²) in [4.78, 5) is 17.1. The van der Waals surface area contributed by atoms with E-state index in [1.54, 1.807) is 23.9 Å². The van der Waals surface area contributed by atoms with Crippen molar-refractivity contribution in [1.82, 2.24) is 20.1 Å². The Labute approximate surface area is 131 Å². The van der Waals surface area contributed by atoms with Crippen molar-refractivity contribution < 1.29 is 4.79 Å². The molecular formula is C13H16ClN5OS. The van der Waals surface area contributed by atoms with Gasteiger partial charge < -0.3 is 5.32 Å². The molecule has 0 aliphatic carbocycles. The molecule has 6 nitrogen and oxygen atoms in total. The summed E-state index contributed by atoms with van der Waals surface area (Å²) < 4.78 is 2.21. The third-order valence-corrected chi connectivity index (χ3v) is 4.74. The zero-order chi connectivity index (χ0) is 14.8. The summed E-state index contributed by atoms with van der Waals surface area (Å²) in [6.07, 6.45) is 2.05. The van der Waals surface area contributed by atoms with Crippen LogP contribution in [0.15, 0.2) is 12.1 Å². The highest BCUT2D eigenvalue weighted by atomic mass is 35.5. The number of carbonyl (C=O) groups is 1. The van der Waals surface area contributed by atoms with Crippen LogP contribution in [0.5, 0.6) is 0 Å². The maximum atomic E-state index is 12.1. The van der Waals surface area contributed by atoms with E-state index in [1.165, 1.54) is 11.3 Å². The molecule has 0 aromatic carbocycles. The molecule has 3 heterocycles. The quantitative estimate of drug-likeness (QED) is 0.908. The second-order valence-corrected chi connectivity index (χ2v) is 6.71. The molecule has 1 fully saturated rings. The number of hydrogen-bond acceptors (Lipinski definition) is 5. The van der Waals surface area contributed by atoms with Gasteiger partial charge in [0.15, 0.2) is 5.82 Å². The predicted molar refractivity (Wildman–Crippen MR) is 83.1 cm³/mol. The lowest BCUT2D eigenvalue weighted by atomic mass is 9.98. The lowest BCUT2D eigenvalue weighted by molar-refractivity contribution is 0.102. The van der Waals surface area contributed by atoms with E-state index in [-0.39, 0.29) is 5.91 Å². The highest BCUT2D eigenvalue weighted by Gasteiger charge is 2.21. The molecular weight excluding hydrogens is 310 g/mol. The molecule has 0 bridgehead atoms. The van der Waals surface area contributed by atoms with E-state index in [4.69, 9.17) is 11.6 Å². The van der Waals surface area contributed by atoms with Crippen molar-refractivity contribution in [3.8, 4) is 0 Å². The standard InChI is InChI=1S/C13H16ClN5OS/c1-19-13(17-12(20)9-2-3-10(14)21-9)16-11(18-19)8-4-6-15-7-5-8/h2-3,8,15H,4-7H2,1H3,(H,16,17,18,20). The van der Waals surface area contributed by atoms with Crippen LogP contribution in [0.4, 0.5) is 5.95 Å². The first-order chi connectivity index (χ1) is 10.1. The molecule has 0 saturated carbocycles. The van der Waals surface area contributed by atoms with Crippen LogP contribution >= 0.6 is 22.9 Å². The van der Waals surface area contributed by atoms with Crippen LogP contribution in [-0.4, -0.2) is 33.8 Å². The normalized spacial score (nSPS) is 16.1. The summed E-state index contributed by atoms with van der Waals surface area (Å²) in [6.45, 7) is 1.97. The van der Waals surface area contributed by atoms with Gasteiger partial charge >= 0.3 is 0 Å². The van der Waals surface area contributed by atoms with Gasteiger partial charge in [0.1, 0.15) is 0 Å².